The molecule has 0 aromatic heterocycles. The highest BCUT2D eigenvalue weighted by Crippen LogP contribution is 2.40. The topological polar surface area (TPSA) is 29.3 Å². The number of nitrogens with two attached hydrogens (primary N) is 1. The molecule has 3 rings (SSSR count). The van der Waals surface area contributed by atoms with Crippen LogP contribution in [0.4, 0.5) is 10.1 Å². The number of benzene rings is 1. The minimum atomic E-state index is -0.136. The highest BCUT2D eigenvalue weighted by atomic mass is 19.1. The summed E-state index contributed by atoms with van der Waals surface area (Å²) in [6.07, 6.45) is 7.93. The lowest BCUT2D eigenvalue weighted by Crippen LogP contribution is -2.47. The van der Waals surface area contributed by atoms with Crippen LogP contribution in [0.1, 0.15) is 62.6 Å². The highest BCUT2D eigenvalue weighted by Gasteiger charge is 2.34. The quantitative estimate of drug-likeness (QED) is 0.879. The molecule has 1 aliphatic carbocycles. The molecule has 1 aliphatic heterocycles. The number of hydrogen-bond donors (Lipinski definition) is 1. The van der Waals surface area contributed by atoms with Crippen LogP contribution < -0.4 is 10.6 Å². The van der Waals surface area contributed by atoms with Gasteiger partial charge in [0.25, 0.3) is 0 Å². The van der Waals surface area contributed by atoms with Crippen LogP contribution in [0.2, 0.25) is 0 Å². The summed E-state index contributed by atoms with van der Waals surface area (Å²) in [6.45, 7) is 4.90. The predicted octanol–water partition coefficient (Wildman–Crippen LogP) is 4.31. The molecule has 1 heterocycles. The third-order valence-electron chi connectivity index (χ3n) is 5.35. The van der Waals surface area contributed by atoms with E-state index in [1.54, 1.807) is 6.07 Å². The van der Waals surface area contributed by atoms with Gasteiger partial charge in [-0.05, 0) is 68.7 Å². The largest absolute Gasteiger partial charge is 0.368 e. The zero-order valence-corrected chi connectivity index (χ0v) is 13.2. The summed E-state index contributed by atoms with van der Waals surface area (Å²) in [5.41, 5.74) is 8.99. The standard InChI is InChI=1S/C18H27FN2/c1-12-10-18(15(13(2)20)11-16(12)19)21-9-5-7-14-6-3-4-8-17(14)21/h10-11,13-14,17H,3-9,20H2,1-2H3/t13-,14?,17?/m1/s1. The van der Waals surface area contributed by atoms with E-state index in [-0.39, 0.29) is 11.9 Å². The predicted molar refractivity (Wildman–Crippen MR) is 86.1 cm³/mol. The summed E-state index contributed by atoms with van der Waals surface area (Å²) in [5, 5.41) is 0. The number of hydrogen-bond acceptors (Lipinski definition) is 2. The molecule has 2 unspecified atom stereocenters. The van der Waals surface area contributed by atoms with Crippen molar-refractivity contribution in [3.63, 3.8) is 0 Å². The lowest BCUT2D eigenvalue weighted by Gasteiger charge is -2.46. The number of piperidine rings is 1. The van der Waals surface area contributed by atoms with Crippen LogP contribution in [-0.4, -0.2) is 12.6 Å². The normalized spacial score (nSPS) is 27.3. The molecule has 21 heavy (non-hydrogen) atoms. The summed E-state index contributed by atoms with van der Waals surface area (Å²) in [4.78, 5) is 2.54. The first-order chi connectivity index (χ1) is 10.1. The number of fused-ring (bicyclic) bond motifs is 1. The molecule has 0 bridgehead atoms. The minimum absolute atomic E-state index is 0.126. The van der Waals surface area contributed by atoms with Crippen molar-refractivity contribution in [3.8, 4) is 0 Å². The lowest BCUT2D eigenvalue weighted by molar-refractivity contribution is 0.243. The molecular formula is C18H27FN2. The van der Waals surface area contributed by atoms with Crippen LogP contribution in [0.25, 0.3) is 0 Å². The minimum Gasteiger partial charge on any atom is -0.368 e. The number of nitrogens with zero attached hydrogens (tertiary/aromatic N) is 1. The van der Waals surface area contributed by atoms with Crippen LogP contribution in [-0.2, 0) is 0 Å². The number of aryl methyl sites for hydroxylation is 1. The van der Waals surface area contributed by atoms with Gasteiger partial charge >= 0.3 is 0 Å². The molecule has 2 fully saturated rings. The third kappa shape index (κ3) is 2.80. The second kappa shape index (κ2) is 5.96. The Kier molecular flexibility index (Phi) is 4.21. The first-order valence-electron chi connectivity index (χ1n) is 8.40. The zero-order chi connectivity index (χ0) is 15.0. The summed E-state index contributed by atoms with van der Waals surface area (Å²) in [6, 6.07) is 4.18. The molecule has 116 valence electrons. The Morgan fingerprint density at radius 3 is 2.67 bits per heavy atom. The Hall–Kier alpha value is -1.09. The van der Waals surface area contributed by atoms with Crippen molar-refractivity contribution >= 4 is 5.69 Å². The van der Waals surface area contributed by atoms with E-state index in [0.29, 0.717) is 6.04 Å². The maximum absolute atomic E-state index is 13.9. The smallest absolute Gasteiger partial charge is 0.126 e. The van der Waals surface area contributed by atoms with Crippen molar-refractivity contribution in [1.29, 1.82) is 0 Å². The van der Waals surface area contributed by atoms with Crippen LogP contribution >= 0.6 is 0 Å². The highest BCUT2D eigenvalue weighted by molar-refractivity contribution is 5.58. The molecule has 3 heteroatoms. The average molecular weight is 290 g/mol. The summed E-state index contributed by atoms with van der Waals surface area (Å²) < 4.78 is 13.9. The second-order valence-corrected chi connectivity index (χ2v) is 6.90. The fraction of sp³-hybridized carbons (Fsp3) is 0.667. The van der Waals surface area contributed by atoms with Crippen molar-refractivity contribution in [3.05, 3.63) is 29.1 Å². The molecule has 0 amide bonds. The van der Waals surface area contributed by atoms with E-state index < -0.39 is 0 Å². The van der Waals surface area contributed by atoms with Crippen molar-refractivity contribution < 1.29 is 4.39 Å². The van der Waals surface area contributed by atoms with Crippen molar-refractivity contribution in [2.75, 3.05) is 11.4 Å². The van der Waals surface area contributed by atoms with E-state index in [1.807, 2.05) is 19.9 Å². The van der Waals surface area contributed by atoms with Gasteiger partial charge < -0.3 is 10.6 Å². The Bertz CT molecular complexity index is 510. The molecule has 0 radical (unpaired) electrons. The van der Waals surface area contributed by atoms with Gasteiger partial charge in [0.2, 0.25) is 0 Å². The van der Waals surface area contributed by atoms with Crippen molar-refractivity contribution in [2.24, 2.45) is 11.7 Å². The van der Waals surface area contributed by atoms with Crippen LogP contribution in [0.3, 0.4) is 0 Å². The van der Waals surface area contributed by atoms with Gasteiger partial charge in [-0.15, -0.1) is 0 Å². The fourth-order valence-corrected chi connectivity index (χ4v) is 4.22. The van der Waals surface area contributed by atoms with Gasteiger partial charge in [0.1, 0.15) is 5.82 Å². The summed E-state index contributed by atoms with van der Waals surface area (Å²) in [7, 11) is 0. The molecule has 0 spiro atoms. The Labute approximate surface area is 127 Å². The fourth-order valence-electron chi connectivity index (χ4n) is 4.22. The van der Waals surface area contributed by atoms with Gasteiger partial charge in [0.05, 0.1) is 0 Å². The van der Waals surface area contributed by atoms with Crippen molar-refractivity contribution in [1.82, 2.24) is 0 Å². The third-order valence-corrected chi connectivity index (χ3v) is 5.35. The van der Waals surface area contributed by atoms with Crippen LogP contribution in [0.15, 0.2) is 12.1 Å². The van der Waals surface area contributed by atoms with E-state index in [0.717, 1.165) is 23.6 Å². The molecule has 1 aromatic carbocycles. The Balaban J connectivity index is 1.99. The van der Waals surface area contributed by atoms with E-state index in [1.165, 1.54) is 44.2 Å². The molecule has 2 aliphatic rings. The molecule has 1 aromatic rings. The molecule has 3 atom stereocenters. The van der Waals surface area contributed by atoms with Gasteiger partial charge in [-0.2, -0.15) is 0 Å². The SMILES string of the molecule is Cc1cc(N2CCCC3CCCCC32)c([C@@H](C)N)cc1F. The number of anilines is 1. The molecule has 2 nitrogen and oxygen atoms in total. The molecular weight excluding hydrogens is 263 g/mol. The maximum Gasteiger partial charge on any atom is 0.126 e. The zero-order valence-electron chi connectivity index (χ0n) is 13.2. The van der Waals surface area contributed by atoms with Gasteiger partial charge in [-0.25, -0.2) is 4.39 Å². The Morgan fingerprint density at radius 2 is 1.90 bits per heavy atom. The van der Waals surface area contributed by atoms with Gasteiger partial charge in [0, 0.05) is 24.3 Å². The average Bonchev–Trinajstić information content (AvgIpc) is 2.49. The first kappa shape index (κ1) is 14.8. The first-order valence-corrected chi connectivity index (χ1v) is 8.40. The van der Waals surface area contributed by atoms with Gasteiger partial charge in [-0.1, -0.05) is 12.8 Å². The molecule has 1 saturated carbocycles. The van der Waals surface area contributed by atoms with Gasteiger partial charge in [-0.3, -0.25) is 0 Å². The number of halogens is 1. The molecule has 1 saturated heterocycles. The van der Waals surface area contributed by atoms with E-state index in [4.69, 9.17) is 5.73 Å². The van der Waals surface area contributed by atoms with Gasteiger partial charge in [0.15, 0.2) is 0 Å². The summed E-state index contributed by atoms with van der Waals surface area (Å²) in [5.74, 6) is 0.682. The number of rotatable bonds is 2. The molecule has 2 N–H and O–H groups in total. The Morgan fingerprint density at radius 1 is 1.19 bits per heavy atom. The van der Waals surface area contributed by atoms with Crippen molar-refractivity contribution in [2.45, 2.75) is 64.5 Å². The maximum atomic E-state index is 13.9. The summed E-state index contributed by atoms with van der Waals surface area (Å²) >= 11 is 0. The van der Waals surface area contributed by atoms with E-state index in [9.17, 15) is 4.39 Å². The van der Waals surface area contributed by atoms with Crippen LogP contribution in [0, 0.1) is 18.7 Å². The van der Waals surface area contributed by atoms with Crippen LogP contribution in [0.5, 0.6) is 0 Å². The van der Waals surface area contributed by atoms with E-state index >= 15 is 0 Å². The lowest BCUT2D eigenvalue weighted by atomic mass is 9.78. The second-order valence-electron chi connectivity index (χ2n) is 6.90. The monoisotopic (exact) mass is 290 g/mol. The van der Waals surface area contributed by atoms with E-state index in [2.05, 4.69) is 4.90 Å².